The molecule has 0 aromatic heterocycles. The molecule has 492 valence electrons. The van der Waals surface area contributed by atoms with E-state index < -0.39 is 160 Å². The third-order valence-corrected chi connectivity index (χ3v) is 16.4. The van der Waals surface area contributed by atoms with Crippen LogP contribution in [0.15, 0.2) is 23.0 Å². The van der Waals surface area contributed by atoms with Gasteiger partial charge in [-0.25, -0.2) is 0 Å². The maximum Gasteiger partial charge on any atom is 0.217 e. The minimum Gasteiger partial charge on any atom is -0.506 e. The number of hydrogen-bond donors (Lipinski definition) is 18. The van der Waals surface area contributed by atoms with Crippen molar-refractivity contribution in [3.63, 3.8) is 0 Å². The summed E-state index contributed by atoms with van der Waals surface area (Å²) in [5, 5.41) is 190. The number of aliphatic hydroxyl groups excluding tert-OH is 18. The lowest BCUT2D eigenvalue weighted by Gasteiger charge is -2.43. The number of rotatable bonds is 50. The monoisotopic (exact) mass is 1200 g/mol. The van der Waals surface area contributed by atoms with E-state index in [0.29, 0.717) is 12.8 Å². The quantitative estimate of drug-likeness (QED) is 0.0233. The maximum atomic E-state index is 11.2. The molecule has 2 aliphatic heterocycles. The first kappa shape index (κ1) is 77.0. The van der Waals surface area contributed by atoms with Gasteiger partial charge in [0.2, 0.25) is 12.6 Å². The lowest BCUT2D eigenvalue weighted by molar-refractivity contribution is -0.309. The largest absolute Gasteiger partial charge is 0.506 e. The van der Waals surface area contributed by atoms with E-state index in [4.69, 9.17) is 28.4 Å². The molecule has 2 saturated heterocycles. The third kappa shape index (κ3) is 27.9. The van der Waals surface area contributed by atoms with Crippen LogP contribution in [-0.2, 0) is 28.4 Å². The predicted octanol–water partition coefficient (Wildman–Crippen LogP) is 3.98. The van der Waals surface area contributed by atoms with E-state index >= 15 is 0 Å². The van der Waals surface area contributed by atoms with Crippen LogP contribution in [-0.4, -0.2) is 231 Å². The average Bonchev–Trinajstić information content (AvgIpc) is 3.69. The Morgan fingerprint density at radius 1 is 0.373 bits per heavy atom. The molecule has 0 bridgehead atoms. The van der Waals surface area contributed by atoms with E-state index in [1.54, 1.807) is 0 Å². The molecule has 24 heteroatoms. The van der Waals surface area contributed by atoms with Crippen LogP contribution in [0.4, 0.5) is 0 Å². The molecule has 8 unspecified atom stereocenters. The van der Waals surface area contributed by atoms with Gasteiger partial charge in [0, 0.05) is 36.9 Å². The number of ether oxygens (including phenoxy) is 6. The van der Waals surface area contributed by atoms with Gasteiger partial charge in [-0.05, 0) is 25.7 Å². The number of aliphatic hydroxyl groups is 18. The fraction of sp³-hybridized carbons (Fsp3) is 0.932. The summed E-state index contributed by atoms with van der Waals surface area (Å²) in [5.74, 6) is -4.37. The third-order valence-electron chi connectivity index (χ3n) is 16.4. The molecule has 2 fully saturated rings. The summed E-state index contributed by atoms with van der Waals surface area (Å²) in [4.78, 5) is 0. The summed E-state index contributed by atoms with van der Waals surface area (Å²) >= 11 is 0. The van der Waals surface area contributed by atoms with Crippen LogP contribution >= 0.6 is 0 Å². The zero-order valence-corrected chi connectivity index (χ0v) is 49.7. The first-order valence-corrected chi connectivity index (χ1v) is 31.0. The lowest BCUT2D eigenvalue weighted by atomic mass is 9.74. The molecule has 0 radical (unpaired) electrons. The van der Waals surface area contributed by atoms with Crippen molar-refractivity contribution < 1.29 is 120 Å². The Morgan fingerprint density at radius 3 is 0.952 bits per heavy atom. The van der Waals surface area contributed by atoms with Crippen molar-refractivity contribution in [2.24, 2.45) is 10.8 Å². The normalized spacial score (nSPS) is 26.8. The summed E-state index contributed by atoms with van der Waals surface area (Å²) in [6.07, 6.45) is -2.32. The molecule has 2 aliphatic rings. The van der Waals surface area contributed by atoms with E-state index in [2.05, 4.69) is 13.8 Å². The molecule has 83 heavy (non-hydrogen) atoms. The Labute approximate surface area is 491 Å². The smallest absolute Gasteiger partial charge is 0.217 e. The van der Waals surface area contributed by atoms with Crippen molar-refractivity contribution in [1.29, 1.82) is 0 Å². The van der Waals surface area contributed by atoms with Gasteiger partial charge in [0.25, 0.3) is 0 Å². The average molecular weight is 1210 g/mol. The fourth-order valence-electron chi connectivity index (χ4n) is 10.8. The van der Waals surface area contributed by atoms with Crippen molar-refractivity contribution >= 4 is 0 Å². The van der Waals surface area contributed by atoms with Crippen LogP contribution in [0.5, 0.6) is 0 Å². The second kappa shape index (κ2) is 43.5. The molecule has 2 rings (SSSR count). The van der Waals surface area contributed by atoms with Crippen LogP contribution in [0.1, 0.15) is 200 Å². The maximum absolute atomic E-state index is 11.2. The summed E-state index contributed by atoms with van der Waals surface area (Å²) in [6.45, 7) is 0.0748. The molecule has 0 aliphatic carbocycles. The fourth-order valence-corrected chi connectivity index (χ4v) is 10.8. The van der Waals surface area contributed by atoms with Gasteiger partial charge in [0.05, 0.1) is 39.6 Å². The van der Waals surface area contributed by atoms with Gasteiger partial charge in [-0.1, -0.05) is 162 Å². The molecule has 0 saturated carbocycles. The molecule has 0 spiro atoms. The van der Waals surface area contributed by atoms with Crippen molar-refractivity contribution in [3.05, 3.63) is 23.0 Å². The van der Waals surface area contributed by atoms with Gasteiger partial charge in [0.1, 0.15) is 61.0 Å². The van der Waals surface area contributed by atoms with Crippen LogP contribution in [0.2, 0.25) is 0 Å². The Hall–Kier alpha value is -2.12. The van der Waals surface area contributed by atoms with Gasteiger partial charge in [-0.15, -0.1) is 0 Å². The molecule has 16 atom stereocenters. The van der Waals surface area contributed by atoms with Gasteiger partial charge in [-0.2, -0.15) is 0 Å². The Bertz CT molecular complexity index is 1570. The van der Waals surface area contributed by atoms with Crippen molar-refractivity contribution in [3.8, 4) is 0 Å². The minimum absolute atomic E-state index is 0.0976. The molecular weight excluding hydrogens is 1090 g/mol. The molecule has 0 aromatic rings. The van der Waals surface area contributed by atoms with Crippen LogP contribution in [0, 0.1) is 10.8 Å². The SMILES string of the molecule is CCCCCCCCCCCCCC(CCCC(CCCCCCCCCCCCC)(CO[C@@H]1OC(CO)[C@@H](O)C(O)C1O)CO[C@H](O)/C(O)=C(\O)[C@H](O)CCO)(CO[C@@H]1OC(CO)[C@@H](O)C(O)C1O)CO[C@H](O)/C(O)=C(/O)[C@H](O)CCO. The Morgan fingerprint density at radius 2 is 0.663 bits per heavy atom. The molecule has 2 heterocycles. The standard InChI is InChI=1S/C59H112O24/c1-3-5-7-9-11-13-15-17-19-21-23-28-58(36-78-54(76)50(72)44(66)40(64)26-32-60,38-80-56-52(74)48(70)46(68)42(34-62)82-56)30-25-31-59(29-24-22-20-18-16-14-12-10-8-6-4-2,37-79-55(77)51(73)45(67)41(65)27-33-61)39-81-57-53(75)49(71)47(69)43(35-63)83-57/h40-43,46-49,52-57,60-77H,3-39H2,1-2H3/b50-44-,51-45+/t40-,41-,42?,43?,46-,47-,48?,49?,52?,53?,54+,55+,56-,57-,58?,59?/m1/s1. The van der Waals surface area contributed by atoms with E-state index in [9.17, 15) is 91.9 Å². The highest BCUT2D eigenvalue weighted by Crippen LogP contribution is 2.41. The molecular formula is C59H112O24. The zero-order chi connectivity index (χ0) is 61.8. The van der Waals surface area contributed by atoms with Gasteiger partial charge < -0.3 is 120 Å². The minimum atomic E-state index is -2.23. The molecule has 24 nitrogen and oxygen atoms in total. The highest BCUT2D eigenvalue weighted by molar-refractivity contribution is 5.07. The Kier molecular flexibility index (Phi) is 40.4. The van der Waals surface area contributed by atoms with Gasteiger partial charge >= 0.3 is 0 Å². The second-order valence-electron chi connectivity index (χ2n) is 23.4. The van der Waals surface area contributed by atoms with E-state index in [1.165, 1.54) is 38.5 Å². The Balaban J connectivity index is 2.73. The van der Waals surface area contributed by atoms with Crippen molar-refractivity contribution in [1.82, 2.24) is 0 Å². The topological polar surface area (TPSA) is 420 Å². The molecule has 0 aromatic carbocycles. The summed E-state index contributed by atoms with van der Waals surface area (Å²) < 4.78 is 35.8. The van der Waals surface area contributed by atoms with Crippen LogP contribution in [0.3, 0.4) is 0 Å². The number of hydrogen-bond acceptors (Lipinski definition) is 24. The highest BCUT2D eigenvalue weighted by Gasteiger charge is 2.47. The zero-order valence-electron chi connectivity index (χ0n) is 49.7. The van der Waals surface area contributed by atoms with E-state index in [-0.39, 0.29) is 58.2 Å². The van der Waals surface area contributed by atoms with Crippen LogP contribution < -0.4 is 0 Å². The lowest BCUT2D eigenvalue weighted by Crippen LogP contribution is -2.59. The molecule has 18 N–H and O–H groups in total. The van der Waals surface area contributed by atoms with Crippen molar-refractivity contribution in [2.75, 3.05) is 52.9 Å². The van der Waals surface area contributed by atoms with Gasteiger partial charge in [0.15, 0.2) is 35.6 Å². The number of unbranched alkanes of at least 4 members (excludes halogenated alkanes) is 20. The first-order valence-electron chi connectivity index (χ1n) is 31.0. The molecule has 0 amide bonds. The highest BCUT2D eigenvalue weighted by atomic mass is 16.7. The van der Waals surface area contributed by atoms with Crippen molar-refractivity contribution in [2.45, 2.75) is 286 Å². The van der Waals surface area contributed by atoms with Crippen LogP contribution in [0.25, 0.3) is 0 Å². The second-order valence-corrected chi connectivity index (χ2v) is 23.4. The summed E-state index contributed by atoms with van der Waals surface area (Å²) in [6, 6.07) is 0. The van der Waals surface area contributed by atoms with E-state index in [1.807, 2.05) is 0 Å². The predicted molar refractivity (Wildman–Crippen MR) is 304 cm³/mol. The summed E-state index contributed by atoms with van der Waals surface area (Å²) in [7, 11) is 0. The summed E-state index contributed by atoms with van der Waals surface area (Å²) in [5.41, 5.74) is -2.48. The first-order chi connectivity index (χ1) is 39.7. The van der Waals surface area contributed by atoms with E-state index in [0.717, 1.165) is 89.9 Å². The van der Waals surface area contributed by atoms with Gasteiger partial charge in [-0.3, -0.25) is 0 Å².